The van der Waals surface area contributed by atoms with Gasteiger partial charge >= 0.3 is 0 Å². The van der Waals surface area contributed by atoms with Gasteiger partial charge in [-0.05, 0) is 50.8 Å². The quantitative estimate of drug-likeness (QED) is 0.900. The Morgan fingerprint density at radius 1 is 1.44 bits per heavy atom. The third kappa shape index (κ3) is 4.60. The fourth-order valence-electron chi connectivity index (χ4n) is 1.46. The smallest absolute Gasteiger partial charge is 0.126 e. The van der Waals surface area contributed by atoms with E-state index in [1.54, 1.807) is 12.1 Å². The van der Waals surface area contributed by atoms with Crippen LogP contribution < -0.4 is 0 Å². The number of hydrogen-bond donors (Lipinski definition) is 1. The molecule has 2 nitrogen and oxygen atoms in total. The molecule has 0 spiro atoms. The maximum Gasteiger partial charge on any atom is 0.126 e. The molecule has 0 saturated carbocycles. The van der Waals surface area contributed by atoms with Gasteiger partial charge in [0.05, 0.1) is 6.10 Å². The Morgan fingerprint density at radius 2 is 2.12 bits per heavy atom. The Bertz CT molecular complexity index is 344. The molecule has 0 aromatic heterocycles. The lowest BCUT2D eigenvalue weighted by Gasteiger charge is -2.14. The van der Waals surface area contributed by atoms with E-state index in [0.29, 0.717) is 18.4 Å². The van der Waals surface area contributed by atoms with Crippen molar-refractivity contribution in [1.29, 1.82) is 0 Å². The average Bonchev–Trinajstić information content (AvgIpc) is 2.20. The molecular formula is C12H17BrFNO. The van der Waals surface area contributed by atoms with Crippen molar-refractivity contribution in [2.75, 3.05) is 20.6 Å². The van der Waals surface area contributed by atoms with Crippen molar-refractivity contribution < 1.29 is 9.50 Å². The van der Waals surface area contributed by atoms with Crippen LogP contribution in [0.3, 0.4) is 0 Å². The van der Waals surface area contributed by atoms with E-state index in [9.17, 15) is 9.50 Å². The normalized spacial score (nSPS) is 13.1. The van der Waals surface area contributed by atoms with Crippen LogP contribution in [-0.2, 0) is 6.42 Å². The monoisotopic (exact) mass is 289 g/mol. The van der Waals surface area contributed by atoms with Gasteiger partial charge in [-0.1, -0.05) is 15.9 Å². The van der Waals surface area contributed by atoms with Crippen molar-refractivity contribution in [3.63, 3.8) is 0 Å². The third-order valence-electron chi connectivity index (χ3n) is 2.37. The van der Waals surface area contributed by atoms with Gasteiger partial charge in [0.2, 0.25) is 0 Å². The molecule has 0 bridgehead atoms. The predicted octanol–water partition coefficient (Wildman–Crippen LogP) is 2.44. The molecule has 1 unspecified atom stereocenters. The van der Waals surface area contributed by atoms with E-state index in [0.717, 1.165) is 11.0 Å². The molecule has 0 aliphatic heterocycles. The van der Waals surface area contributed by atoms with E-state index in [1.807, 2.05) is 19.0 Å². The molecule has 0 fully saturated rings. The fraction of sp³-hybridized carbons (Fsp3) is 0.500. The van der Waals surface area contributed by atoms with Crippen LogP contribution in [0.5, 0.6) is 0 Å². The standard InChI is InChI=1S/C12H17BrFNO/c1-15(2)6-5-11(16)8-9-7-10(13)3-4-12(9)14/h3-4,7,11,16H,5-6,8H2,1-2H3. The Hall–Kier alpha value is -0.450. The van der Waals surface area contributed by atoms with Crippen molar-refractivity contribution in [3.05, 3.63) is 34.1 Å². The summed E-state index contributed by atoms with van der Waals surface area (Å²) in [5, 5.41) is 9.76. The van der Waals surface area contributed by atoms with Crippen LogP contribution in [-0.4, -0.2) is 36.8 Å². The number of nitrogens with zero attached hydrogens (tertiary/aromatic N) is 1. The van der Waals surface area contributed by atoms with Crippen LogP contribution in [0.2, 0.25) is 0 Å². The largest absolute Gasteiger partial charge is 0.393 e. The van der Waals surface area contributed by atoms with Gasteiger partial charge in [-0.15, -0.1) is 0 Å². The molecule has 0 heterocycles. The SMILES string of the molecule is CN(C)CCC(O)Cc1cc(Br)ccc1F. The Balaban J connectivity index is 2.55. The third-order valence-corrected chi connectivity index (χ3v) is 2.87. The second-order valence-electron chi connectivity index (χ2n) is 4.19. The zero-order chi connectivity index (χ0) is 12.1. The molecule has 0 radical (unpaired) electrons. The molecule has 1 aromatic carbocycles. The van der Waals surface area contributed by atoms with Crippen molar-refractivity contribution >= 4 is 15.9 Å². The highest BCUT2D eigenvalue weighted by Crippen LogP contribution is 2.17. The molecule has 0 saturated heterocycles. The van der Waals surface area contributed by atoms with Crippen molar-refractivity contribution in [2.24, 2.45) is 0 Å². The molecular weight excluding hydrogens is 273 g/mol. The van der Waals surface area contributed by atoms with Crippen molar-refractivity contribution in [2.45, 2.75) is 18.9 Å². The predicted molar refractivity (Wildman–Crippen MR) is 67.0 cm³/mol. The highest BCUT2D eigenvalue weighted by atomic mass is 79.9. The molecule has 1 N–H and O–H groups in total. The van der Waals surface area contributed by atoms with E-state index in [2.05, 4.69) is 15.9 Å². The summed E-state index contributed by atoms with van der Waals surface area (Å²) >= 11 is 3.29. The number of aliphatic hydroxyl groups is 1. The zero-order valence-electron chi connectivity index (χ0n) is 9.58. The fourth-order valence-corrected chi connectivity index (χ4v) is 1.87. The molecule has 0 aliphatic rings. The first-order chi connectivity index (χ1) is 7.49. The van der Waals surface area contributed by atoms with Gasteiger partial charge in [0.1, 0.15) is 5.82 Å². The van der Waals surface area contributed by atoms with Gasteiger partial charge in [0.25, 0.3) is 0 Å². The Morgan fingerprint density at radius 3 is 2.75 bits per heavy atom. The topological polar surface area (TPSA) is 23.5 Å². The van der Waals surface area contributed by atoms with Crippen LogP contribution in [0.4, 0.5) is 4.39 Å². The summed E-state index contributed by atoms with van der Waals surface area (Å²) in [4.78, 5) is 2.00. The van der Waals surface area contributed by atoms with Crippen LogP contribution in [0.15, 0.2) is 22.7 Å². The lowest BCUT2D eigenvalue weighted by molar-refractivity contribution is 0.151. The first kappa shape index (κ1) is 13.6. The Labute approximate surface area is 104 Å². The molecule has 0 aliphatic carbocycles. The highest BCUT2D eigenvalue weighted by Gasteiger charge is 2.10. The number of aliphatic hydroxyl groups excluding tert-OH is 1. The summed E-state index contributed by atoms with van der Waals surface area (Å²) in [6, 6.07) is 4.79. The van der Waals surface area contributed by atoms with Crippen LogP contribution in [0, 0.1) is 5.82 Å². The van der Waals surface area contributed by atoms with Crippen LogP contribution in [0.1, 0.15) is 12.0 Å². The van der Waals surface area contributed by atoms with Crippen molar-refractivity contribution in [1.82, 2.24) is 4.90 Å². The second-order valence-corrected chi connectivity index (χ2v) is 5.10. The molecule has 0 amide bonds. The maximum atomic E-state index is 13.4. The van der Waals surface area contributed by atoms with E-state index in [4.69, 9.17) is 0 Å². The van der Waals surface area contributed by atoms with E-state index in [-0.39, 0.29) is 5.82 Å². The molecule has 1 atom stereocenters. The van der Waals surface area contributed by atoms with Crippen molar-refractivity contribution in [3.8, 4) is 0 Å². The minimum absolute atomic E-state index is 0.257. The maximum absolute atomic E-state index is 13.4. The number of hydrogen-bond acceptors (Lipinski definition) is 2. The van der Waals surface area contributed by atoms with Gasteiger partial charge < -0.3 is 10.0 Å². The summed E-state index contributed by atoms with van der Waals surface area (Å²) < 4.78 is 14.2. The van der Waals surface area contributed by atoms with Gasteiger partial charge in [0.15, 0.2) is 0 Å². The van der Waals surface area contributed by atoms with E-state index in [1.165, 1.54) is 6.07 Å². The zero-order valence-corrected chi connectivity index (χ0v) is 11.2. The summed E-state index contributed by atoms with van der Waals surface area (Å²) in [6.45, 7) is 0.802. The molecule has 1 aromatic rings. The Kier molecular flexibility index (Phi) is 5.38. The first-order valence-electron chi connectivity index (χ1n) is 5.25. The van der Waals surface area contributed by atoms with E-state index < -0.39 is 6.10 Å². The molecule has 16 heavy (non-hydrogen) atoms. The van der Waals surface area contributed by atoms with E-state index >= 15 is 0 Å². The van der Waals surface area contributed by atoms with Gasteiger partial charge in [0, 0.05) is 10.9 Å². The lowest BCUT2D eigenvalue weighted by Crippen LogP contribution is -2.21. The number of rotatable bonds is 5. The minimum Gasteiger partial charge on any atom is -0.393 e. The van der Waals surface area contributed by atoms with Gasteiger partial charge in [-0.3, -0.25) is 0 Å². The first-order valence-corrected chi connectivity index (χ1v) is 6.05. The summed E-state index contributed by atoms with van der Waals surface area (Å²) in [5.74, 6) is -0.257. The molecule has 4 heteroatoms. The van der Waals surface area contributed by atoms with Crippen LogP contribution >= 0.6 is 15.9 Å². The number of benzene rings is 1. The molecule has 1 rings (SSSR count). The second kappa shape index (κ2) is 6.33. The average molecular weight is 290 g/mol. The van der Waals surface area contributed by atoms with Gasteiger partial charge in [-0.25, -0.2) is 4.39 Å². The number of halogens is 2. The summed E-state index contributed by atoms with van der Waals surface area (Å²) in [6.07, 6.45) is 0.518. The minimum atomic E-state index is -0.494. The summed E-state index contributed by atoms with van der Waals surface area (Å²) in [7, 11) is 3.90. The lowest BCUT2D eigenvalue weighted by atomic mass is 10.1. The molecule has 90 valence electrons. The van der Waals surface area contributed by atoms with Crippen LogP contribution in [0.25, 0.3) is 0 Å². The highest BCUT2D eigenvalue weighted by molar-refractivity contribution is 9.10. The van der Waals surface area contributed by atoms with Gasteiger partial charge in [-0.2, -0.15) is 0 Å². The summed E-state index contributed by atoms with van der Waals surface area (Å²) in [5.41, 5.74) is 0.556.